The number of hydrogen-bond donors (Lipinski definition) is 2. The first-order chi connectivity index (χ1) is 20.0. The van der Waals surface area contributed by atoms with Crippen LogP contribution in [-0.2, 0) is 17.1 Å². The van der Waals surface area contributed by atoms with Gasteiger partial charge in [-0.3, -0.25) is 14.7 Å². The number of amides is 1. The first kappa shape index (κ1) is 29.2. The van der Waals surface area contributed by atoms with Gasteiger partial charge in [0.25, 0.3) is 5.91 Å². The van der Waals surface area contributed by atoms with Gasteiger partial charge in [0.2, 0.25) is 5.82 Å². The highest BCUT2D eigenvalue weighted by Crippen LogP contribution is 2.37. The lowest BCUT2D eigenvalue weighted by Crippen LogP contribution is -2.41. The second-order valence-corrected chi connectivity index (χ2v) is 9.44. The zero-order valence-corrected chi connectivity index (χ0v) is 21.9. The number of morpholine rings is 1. The maximum Gasteiger partial charge on any atom is 0.418 e. The number of carbonyl (C=O) groups excluding carboxylic acids is 1. The molecule has 0 spiro atoms. The van der Waals surface area contributed by atoms with Gasteiger partial charge in [-0.25, -0.2) is 9.97 Å². The highest BCUT2D eigenvalue weighted by atomic mass is 19.4. The molecule has 0 aliphatic carbocycles. The van der Waals surface area contributed by atoms with E-state index in [-0.39, 0.29) is 40.6 Å². The van der Waals surface area contributed by atoms with Crippen LogP contribution in [0.2, 0.25) is 0 Å². The van der Waals surface area contributed by atoms with Crippen LogP contribution in [0.1, 0.15) is 21.7 Å². The Balaban J connectivity index is 1.50. The van der Waals surface area contributed by atoms with Crippen molar-refractivity contribution in [2.24, 2.45) is 0 Å². The number of hydrogen-bond acceptors (Lipinski definition) is 7. The molecule has 1 aliphatic rings. The predicted octanol–water partition coefficient (Wildman–Crippen LogP) is 5.54. The number of halogens is 6. The van der Waals surface area contributed by atoms with E-state index in [0.717, 1.165) is 31.3 Å². The van der Waals surface area contributed by atoms with E-state index in [9.17, 15) is 31.1 Å². The average Bonchev–Trinajstić information content (AvgIpc) is 2.96. The molecule has 5 rings (SSSR count). The summed E-state index contributed by atoms with van der Waals surface area (Å²) in [6.45, 7) is 3.47. The molecule has 0 saturated carbocycles. The maximum absolute atomic E-state index is 13.7. The summed E-state index contributed by atoms with van der Waals surface area (Å²) in [5.41, 5.74) is -1.62. The molecule has 14 heteroatoms. The lowest BCUT2D eigenvalue weighted by Gasteiger charge is -2.26. The zero-order valence-electron chi connectivity index (χ0n) is 21.9. The van der Waals surface area contributed by atoms with Gasteiger partial charge in [-0.1, -0.05) is 6.07 Å². The first-order valence-electron chi connectivity index (χ1n) is 12.9. The molecule has 1 amide bonds. The van der Waals surface area contributed by atoms with Gasteiger partial charge in [-0.15, -0.1) is 0 Å². The monoisotopic (exact) mass is 590 g/mol. The highest BCUT2D eigenvalue weighted by Gasteiger charge is 2.34. The summed E-state index contributed by atoms with van der Waals surface area (Å²) >= 11 is 0. The second-order valence-electron chi connectivity index (χ2n) is 9.44. The number of benzene rings is 2. The van der Waals surface area contributed by atoms with Gasteiger partial charge in [0.05, 0.1) is 35.6 Å². The Labute approximate surface area is 235 Å². The number of anilines is 2. The highest BCUT2D eigenvalue weighted by molar-refractivity contribution is 5.98. The van der Waals surface area contributed by atoms with E-state index < -0.39 is 29.4 Å². The van der Waals surface area contributed by atoms with Crippen molar-refractivity contribution < 1.29 is 35.9 Å². The van der Waals surface area contributed by atoms with Crippen molar-refractivity contribution in [2.45, 2.75) is 12.4 Å². The summed E-state index contributed by atoms with van der Waals surface area (Å²) in [6.07, 6.45) is -7.95. The Morgan fingerprint density at radius 2 is 1.67 bits per heavy atom. The molecule has 220 valence electrons. The number of carbonyl (C=O) groups is 1. The Morgan fingerprint density at radius 3 is 2.36 bits per heavy atom. The molecule has 2 aromatic carbocycles. The van der Waals surface area contributed by atoms with Gasteiger partial charge in [0, 0.05) is 49.0 Å². The van der Waals surface area contributed by atoms with Crippen LogP contribution in [0.3, 0.4) is 0 Å². The Bertz CT molecular complexity index is 1570. The van der Waals surface area contributed by atoms with Gasteiger partial charge in [0.15, 0.2) is 0 Å². The smallest absolute Gasteiger partial charge is 0.379 e. The van der Waals surface area contributed by atoms with Crippen LogP contribution in [0.5, 0.6) is 0 Å². The molecule has 1 fully saturated rings. The number of rotatable bonds is 7. The molecular weight excluding hydrogens is 566 g/mol. The number of nitrogens with zero attached hydrogens (tertiary/aromatic N) is 4. The molecule has 2 aromatic heterocycles. The largest absolute Gasteiger partial charge is 0.418 e. The minimum atomic E-state index is -4.66. The van der Waals surface area contributed by atoms with Crippen LogP contribution in [0, 0.1) is 0 Å². The molecule has 0 bridgehead atoms. The van der Waals surface area contributed by atoms with Crippen molar-refractivity contribution in [1.29, 1.82) is 0 Å². The Morgan fingerprint density at radius 1 is 0.929 bits per heavy atom. The van der Waals surface area contributed by atoms with E-state index in [2.05, 4.69) is 30.5 Å². The number of ether oxygens (including phenoxy) is 1. The summed E-state index contributed by atoms with van der Waals surface area (Å²) < 4.78 is 85.4. The molecule has 42 heavy (non-hydrogen) atoms. The number of aromatic nitrogens is 3. The standard InChI is InChI=1S/C28H24F6N6O2/c29-27(30,31)18-4-6-19(7-5-18)37-24-20-8-3-17(23-21(28(32,33)34)2-1-9-35-23)16-22(20)38-25(39-24)26(41)36-10-11-40-12-14-42-15-13-40/h1-9,16H,10-15H2,(H,36,41)(H,37,38,39). The van der Waals surface area contributed by atoms with Crippen molar-refractivity contribution in [3.63, 3.8) is 0 Å². The molecule has 3 heterocycles. The van der Waals surface area contributed by atoms with Gasteiger partial charge in [0.1, 0.15) is 5.82 Å². The minimum absolute atomic E-state index is 0.0849. The molecule has 8 nitrogen and oxygen atoms in total. The minimum Gasteiger partial charge on any atom is -0.379 e. The van der Waals surface area contributed by atoms with Crippen molar-refractivity contribution in [1.82, 2.24) is 25.2 Å². The van der Waals surface area contributed by atoms with Crippen molar-refractivity contribution in [2.75, 3.05) is 44.7 Å². The molecule has 0 atom stereocenters. The van der Waals surface area contributed by atoms with E-state index in [1.165, 1.54) is 42.6 Å². The van der Waals surface area contributed by atoms with Gasteiger partial charge >= 0.3 is 12.4 Å². The molecule has 1 aliphatic heterocycles. The normalized spacial score (nSPS) is 14.6. The lowest BCUT2D eigenvalue weighted by atomic mass is 10.0. The third-order valence-electron chi connectivity index (χ3n) is 6.58. The van der Waals surface area contributed by atoms with Crippen molar-refractivity contribution in [3.05, 3.63) is 77.7 Å². The predicted molar refractivity (Wildman–Crippen MR) is 142 cm³/mol. The van der Waals surface area contributed by atoms with Crippen molar-refractivity contribution >= 4 is 28.3 Å². The topological polar surface area (TPSA) is 92.3 Å². The van der Waals surface area contributed by atoms with E-state index in [0.29, 0.717) is 25.1 Å². The second kappa shape index (κ2) is 11.9. The molecular formula is C28H24F6N6O2. The van der Waals surface area contributed by atoms with Gasteiger partial charge < -0.3 is 15.4 Å². The summed E-state index contributed by atoms with van der Waals surface area (Å²) in [5.74, 6) is -0.811. The number of fused-ring (bicyclic) bond motifs is 1. The van der Waals surface area contributed by atoms with Gasteiger partial charge in [-0.05, 0) is 48.5 Å². The summed E-state index contributed by atoms with van der Waals surface area (Å²) in [7, 11) is 0. The van der Waals surface area contributed by atoms with Crippen LogP contribution in [0.25, 0.3) is 22.2 Å². The van der Waals surface area contributed by atoms with Crippen LogP contribution in [-0.4, -0.2) is 65.2 Å². The average molecular weight is 591 g/mol. The summed E-state index contributed by atoms with van der Waals surface area (Å²) in [6, 6.07) is 10.5. The van der Waals surface area contributed by atoms with E-state index >= 15 is 0 Å². The number of nitrogens with one attached hydrogen (secondary N) is 2. The number of alkyl halides is 6. The third kappa shape index (κ3) is 6.77. The SMILES string of the molecule is O=C(NCCN1CCOCC1)c1nc(Nc2ccc(C(F)(F)F)cc2)c2ccc(-c3ncccc3C(F)(F)F)cc2n1. The molecule has 0 radical (unpaired) electrons. The van der Waals surface area contributed by atoms with Crippen LogP contribution in [0.4, 0.5) is 37.8 Å². The Hall–Kier alpha value is -4.30. The maximum atomic E-state index is 13.7. The summed E-state index contributed by atoms with van der Waals surface area (Å²) in [5, 5.41) is 5.98. The molecule has 0 unspecified atom stereocenters. The summed E-state index contributed by atoms with van der Waals surface area (Å²) in [4.78, 5) is 27.7. The third-order valence-corrected chi connectivity index (χ3v) is 6.58. The van der Waals surface area contributed by atoms with Crippen molar-refractivity contribution in [3.8, 4) is 11.3 Å². The van der Waals surface area contributed by atoms with Crippen LogP contribution in [0.15, 0.2) is 60.8 Å². The van der Waals surface area contributed by atoms with Gasteiger partial charge in [-0.2, -0.15) is 26.3 Å². The fraction of sp³-hybridized carbons (Fsp3) is 0.286. The van der Waals surface area contributed by atoms with E-state index in [4.69, 9.17) is 4.74 Å². The first-order valence-corrected chi connectivity index (χ1v) is 12.9. The van der Waals surface area contributed by atoms with E-state index in [1.54, 1.807) is 0 Å². The fourth-order valence-corrected chi connectivity index (χ4v) is 4.45. The molecule has 2 N–H and O–H groups in total. The fourth-order valence-electron chi connectivity index (χ4n) is 4.45. The van der Waals surface area contributed by atoms with Crippen LogP contribution < -0.4 is 10.6 Å². The molecule has 4 aromatic rings. The van der Waals surface area contributed by atoms with E-state index in [1.807, 2.05) is 0 Å². The molecule has 1 saturated heterocycles. The zero-order chi connectivity index (χ0) is 29.9. The van der Waals surface area contributed by atoms with Crippen LogP contribution >= 0.6 is 0 Å². The quantitative estimate of drug-likeness (QED) is 0.274. The number of pyridine rings is 1. The lowest BCUT2D eigenvalue weighted by molar-refractivity contribution is -0.138. The Kier molecular flexibility index (Phi) is 8.27.